The van der Waals surface area contributed by atoms with E-state index in [9.17, 15) is 4.79 Å². The van der Waals surface area contributed by atoms with E-state index < -0.39 is 5.41 Å². The summed E-state index contributed by atoms with van der Waals surface area (Å²) in [5.41, 5.74) is 4.54. The van der Waals surface area contributed by atoms with Crippen molar-refractivity contribution in [2.24, 2.45) is 22.2 Å². The Bertz CT molecular complexity index is 288. The van der Waals surface area contributed by atoms with Crippen molar-refractivity contribution in [2.45, 2.75) is 53.4 Å². The van der Waals surface area contributed by atoms with Gasteiger partial charge in [-0.25, -0.2) is 0 Å². The topological polar surface area (TPSA) is 87.7 Å². The van der Waals surface area contributed by atoms with Gasteiger partial charge in [-0.15, -0.1) is 0 Å². The molecular formula is C13H27N3O2. The van der Waals surface area contributed by atoms with E-state index in [0.717, 1.165) is 12.8 Å². The summed E-state index contributed by atoms with van der Waals surface area (Å²) < 4.78 is 0. The lowest BCUT2D eigenvalue weighted by Crippen LogP contribution is -2.47. The average molecular weight is 257 g/mol. The molecule has 5 nitrogen and oxygen atoms in total. The molecule has 0 fully saturated rings. The van der Waals surface area contributed by atoms with Crippen molar-refractivity contribution in [2.75, 3.05) is 6.54 Å². The van der Waals surface area contributed by atoms with E-state index in [1.165, 1.54) is 12.8 Å². The van der Waals surface area contributed by atoms with Crippen LogP contribution < -0.4 is 11.1 Å². The summed E-state index contributed by atoms with van der Waals surface area (Å²) in [7, 11) is 0. The molecule has 0 aliphatic carbocycles. The summed E-state index contributed by atoms with van der Waals surface area (Å²) in [6.45, 7) is 8.22. The van der Waals surface area contributed by atoms with E-state index in [1.54, 1.807) is 13.8 Å². The van der Waals surface area contributed by atoms with Gasteiger partial charge in [-0.05, 0) is 26.2 Å². The number of amides is 1. The first-order valence-corrected chi connectivity index (χ1v) is 6.66. The monoisotopic (exact) mass is 257 g/mol. The third-order valence-electron chi connectivity index (χ3n) is 3.41. The molecule has 1 atom stereocenters. The summed E-state index contributed by atoms with van der Waals surface area (Å²) in [5.74, 6) is 0.228. The zero-order valence-electron chi connectivity index (χ0n) is 12.0. The minimum absolute atomic E-state index is 0.0680. The Hall–Kier alpha value is -1.26. The van der Waals surface area contributed by atoms with Crippen molar-refractivity contribution in [3.8, 4) is 0 Å². The lowest BCUT2D eigenvalue weighted by Gasteiger charge is -2.23. The molecule has 0 saturated heterocycles. The maximum atomic E-state index is 12.0. The first kappa shape index (κ1) is 16.7. The Labute approximate surface area is 110 Å². The van der Waals surface area contributed by atoms with Gasteiger partial charge in [0.2, 0.25) is 5.91 Å². The predicted molar refractivity (Wildman–Crippen MR) is 73.5 cm³/mol. The first-order chi connectivity index (χ1) is 8.39. The molecule has 0 aromatic carbocycles. The number of carbonyl (C=O) groups is 1. The third-order valence-corrected chi connectivity index (χ3v) is 3.41. The van der Waals surface area contributed by atoms with E-state index >= 15 is 0 Å². The van der Waals surface area contributed by atoms with Gasteiger partial charge in [-0.3, -0.25) is 4.79 Å². The lowest BCUT2D eigenvalue weighted by atomic mass is 9.90. The van der Waals surface area contributed by atoms with Gasteiger partial charge >= 0.3 is 0 Å². The van der Waals surface area contributed by atoms with Gasteiger partial charge in [0.1, 0.15) is 5.41 Å². The minimum atomic E-state index is -0.974. The van der Waals surface area contributed by atoms with E-state index in [0.29, 0.717) is 12.5 Å². The fraction of sp³-hybridized carbons (Fsp3) is 0.846. The molecule has 0 rings (SSSR count). The van der Waals surface area contributed by atoms with Crippen molar-refractivity contribution in [1.29, 1.82) is 0 Å². The van der Waals surface area contributed by atoms with Crippen LogP contribution in [0.25, 0.3) is 0 Å². The van der Waals surface area contributed by atoms with Gasteiger partial charge in [0.15, 0.2) is 5.84 Å². The Kier molecular flexibility index (Phi) is 7.39. The number of oxime groups is 1. The lowest BCUT2D eigenvalue weighted by molar-refractivity contribution is -0.126. The molecule has 0 aliphatic rings. The number of nitrogens with zero attached hydrogens (tertiary/aromatic N) is 1. The molecule has 0 radical (unpaired) electrons. The van der Waals surface area contributed by atoms with Crippen LogP contribution in [0, 0.1) is 11.3 Å². The maximum absolute atomic E-state index is 12.0. The normalized spacial score (nSPS) is 14.3. The molecule has 106 valence electrons. The van der Waals surface area contributed by atoms with Crippen LogP contribution >= 0.6 is 0 Å². The van der Waals surface area contributed by atoms with Gasteiger partial charge in [0.25, 0.3) is 0 Å². The molecule has 0 bridgehead atoms. The quantitative estimate of drug-likeness (QED) is 0.269. The number of nitrogens with one attached hydrogen (secondary N) is 1. The van der Waals surface area contributed by atoms with E-state index in [2.05, 4.69) is 24.3 Å². The van der Waals surface area contributed by atoms with Crippen LogP contribution in [-0.4, -0.2) is 23.5 Å². The second-order valence-corrected chi connectivity index (χ2v) is 5.24. The fourth-order valence-corrected chi connectivity index (χ4v) is 1.64. The zero-order valence-corrected chi connectivity index (χ0v) is 12.0. The van der Waals surface area contributed by atoms with Crippen LogP contribution in [0.1, 0.15) is 53.4 Å². The minimum Gasteiger partial charge on any atom is -0.409 e. The summed E-state index contributed by atoms with van der Waals surface area (Å²) in [6, 6.07) is 0. The highest BCUT2D eigenvalue weighted by Gasteiger charge is 2.32. The van der Waals surface area contributed by atoms with Crippen molar-refractivity contribution >= 4 is 11.7 Å². The van der Waals surface area contributed by atoms with Gasteiger partial charge in [0.05, 0.1) is 0 Å². The standard InChI is InChI=1S/C13H27N3O2/c1-5-7-8-10(6-2)9-15-12(17)13(3,4)11(14)16-18/h10,18H,5-9H2,1-4H3,(H2,14,16)(H,15,17). The fourth-order valence-electron chi connectivity index (χ4n) is 1.64. The zero-order chi connectivity index (χ0) is 14.2. The van der Waals surface area contributed by atoms with Crippen LogP contribution in [0.3, 0.4) is 0 Å². The van der Waals surface area contributed by atoms with Crippen LogP contribution in [0.2, 0.25) is 0 Å². The highest BCUT2D eigenvalue weighted by molar-refractivity contribution is 6.05. The molecule has 0 aromatic rings. The van der Waals surface area contributed by atoms with Crippen molar-refractivity contribution in [1.82, 2.24) is 5.32 Å². The Morgan fingerprint density at radius 1 is 1.44 bits per heavy atom. The Morgan fingerprint density at radius 3 is 2.50 bits per heavy atom. The van der Waals surface area contributed by atoms with Gasteiger partial charge in [-0.2, -0.15) is 0 Å². The molecule has 1 unspecified atom stereocenters. The Morgan fingerprint density at radius 2 is 2.06 bits per heavy atom. The maximum Gasteiger partial charge on any atom is 0.233 e. The number of nitrogens with two attached hydrogens (primary N) is 1. The first-order valence-electron chi connectivity index (χ1n) is 6.66. The second kappa shape index (κ2) is 7.95. The highest BCUT2D eigenvalue weighted by atomic mass is 16.4. The molecule has 18 heavy (non-hydrogen) atoms. The van der Waals surface area contributed by atoms with E-state index in [1.807, 2.05) is 0 Å². The number of amidine groups is 1. The number of carbonyl (C=O) groups excluding carboxylic acids is 1. The molecule has 5 heteroatoms. The highest BCUT2D eigenvalue weighted by Crippen LogP contribution is 2.16. The largest absolute Gasteiger partial charge is 0.409 e. The number of unbranched alkanes of at least 4 members (excludes halogenated alkanes) is 1. The molecule has 0 aromatic heterocycles. The van der Waals surface area contributed by atoms with Gasteiger partial charge in [0, 0.05) is 6.54 Å². The molecule has 0 heterocycles. The molecule has 0 aliphatic heterocycles. The second-order valence-electron chi connectivity index (χ2n) is 5.24. The third kappa shape index (κ3) is 4.94. The average Bonchev–Trinajstić information content (AvgIpc) is 2.37. The summed E-state index contributed by atoms with van der Waals surface area (Å²) >= 11 is 0. The van der Waals surface area contributed by atoms with Crippen molar-refractivity contribution < 1.29 is 10.0 Å². The van der Waals surface area contributed by atoms with Crippen LogP contribution in [0.4, 0.5) is 0 Å². The van der Waals surface area contributed by atoms with Crippen LogP contribution in [-0.2, 0) is 4.79 Å². The SMILES string of the molecule is CCCCC(CC)CNC(=O)C(C)(C)C(N)=NO. The molecule has 0 spiro atoms. The van der Waals surface area contributed by atoms with E-state index in [-0.39, 0.29) is 11.7 Å². The van der Waals surface area contributed by atoms with E-state index in [4.69, 9.17) is 10.9 Å². The number of hydrogen-bond donors (Lipinski definition) is 3. The number of rotatable bonds is 8. The summed E-state index contributed by atoms with van der Waals surface area (Å²) in [4.78, 5) is 12.0. The van der Waals surface area contributed by atoms with Crippen LogP contribution in [0.15, 0.2) is 5.16 Å². The number of hydrogen-bond acceptors (Lipinski definition) is 3. The summed E-state index contributed by atoms with van der Waals surface area (Å²) in [5, 5.41) is 14.4. The Balaban J connectivity index is 4.31. The molecular weight excluding hydrogens is 230 g/mol. The molecule has 0 saturated carbocycles. The summed E-state index contributed by atoms with van der Waals surface area (Å²) in [6.07, 6.45) is 4.51. The smallest absolute Gasteiger partial charge is 0.233 e. The van der Waals surface area contributed by atoms with Crippen LogP contribution in [0.5, 0.6) is 0 Å². The molecule has 1 amide bonds. The predicted octanol–water partition coefficient (Wildman–Crippen LogP) is 2.09. The van der Waals surface area contributed by atoms with Gasteiger partial charge in [-0.1, -0.05) is 38.3 Å². The van der Waals surface area contributed by atoms with Crippen molar-refractivity contribution in [3.63, 3.8) is 0 Å². The van der Waals surface area contributed by atoms with Crippen molar-refractivity contribution in [3.05, 3.63) is 0 Å². The van der Waals surface area contributed by atoms with Gasteiger partial charge < -0.3 is 16.3 Å². The molecule has 4 N–H and O–H groups in total.